The Bertz CT molecular complexity index is 430. The Morgan fingerprint density at radius 2 is 2.13 bits per heavy atom. The molecule has 2 N–H and O–H groups in total. The Morgan fingerprint density at radius 1 is 1.40 bits per heavy atom. The van der Waals surface area contributed by atoms with E-state index in [4.69, 9.17) is 0 Å². The predicted octanol–water partition coefficient (Wildman–Crippen LogP) is 0.244. The number of hydrogen-bond acceptors (Lipinski definition) is 2. The van der Waals surface area contributed by atoms with Crippen molar-refractivity contribution in [3.63, 3.8) is 0 Å². The summed E-state index contributed by atoms with van der Waals surface area (Å²) in [6, 6.07) is 0. The highest BCUT2D eigenvalue weighted by molar-refractivity contribution is 5.78. The zero-order chi connectivity index (χ0) is 11.0. The molecule has 5 heteroatoms. The predicted molar refractivity (Wildman–Crippen MR) is 55.4 cm³/mol. The average molecular weight is 209 g/mol. The number of hydrogen-bond donors (Lipinski definition) is 2. The molecule has 0 spiro atoms. The molecule has 2 heterocycles. The molecule has 0 radical (unpaired) electrons. The summed E-state index contributed by atoms with van der Waals surface area (Å²) in [5, 5.41) is 5.39. The molecule has 0 bridgehead atoms. The van der Waals surface area contributed by atoms with E-state index in [9.17, 15) is 9.59 Å². The van der Waals surface area contributed by atoms with E-state index in [1.807, 2.05) is 13.8 Å². The molecule has 1 aromatic heterocycles. The van der Waals surface area contributed by atoms with E-state index < -0.39 is 0 Å². The van der Waals surface area contributed by atoms with Gasteiger partial charge in [-0.05, 0) is 0 Å². The third-order valence-corrected chi connectivity index (χ3v) is 2.75. The average Bonchev–Trinajstić information content (AvgIpc) is 2.59. The van der Waals surface area contributed by atoms with Crippen LogP contribution in [0.2, 0.25) is 0 Å². The first-order chi connectivity index (χ1) is 7.09. The molecule has 82 valence electrons. The number of nitrogens with one attached hydrogen (secondary N) is 2. The van der Waals surface area contributed by atoms with Crippen molar-refractivity contribution < 1.29 is 4.79 Å². The lowest BCUT2D eigenvalue weighted by atomic mass is 10.1. The second-order valence-electron chi connectivity index (χ2n) is 4.20. The highest BCUT2D eigenvalue weighted by Gasteiger charge is 2.25. The van der Waals surface area contributed by atoms with Gasteiger partial charge in [0.05, 0.1) is 12.1 Å². The van der Waals surface area contributed by atoms with Crippen molar-refractivity contribution in [2.45, 2.75) is 26.8 Å². The van der Waals surface area contributed by atoms with Gasteiger partial charge in [0.25, 0.3) is 5.56 Å². The van der Waals surface area contributed by atoms with E-state index in [1.165, 1.54) is 0 Å². The molecule has 0 saturated heterocycles. The Hall–Kier alpha value is -1.52. The minimum atomic E-state index is -0.105. The van der Waals surface area contributed by atoms with Crippen LogP contribution in [0.1, 0.15) is 25.1 Å². The van der Waals surface area contributed by atoms with Crippen molar-refractivity contribution in [2.75, 3.05) is 6.54 Å². The van der Waals surface area contributed by atoms with E-state index in [2.05, 4.69) is 10.2 Å². The first-order valence-electron chi connectivity index (χ1n) is 5.16. The van der Waals surface area contributed by atoms with Crippen LogP contribution >= 0.6 is 0 Å². The zero-order valence-electron chi connectivity index (χ0n) is 8.96. The van der Waals surface area contributed by atoms with Gasteiger partial charge in [-0.2, -0.15) is 0 Å². The van der Waals surface area contributed by atoms with Crippen LogP contribution in [-0.4, -0.2) is 27.5 Å². The maximum Gasteiger partial charge on any atom is 0.269 e. The van der Waals surface area contributed by atoms with Crippen LogP contribution < -0.4 is 5.56 Å². The maximum absolute atomic E-state index is 11.7. The van der Waals surface area contributed by atoms with E-state index >= 15 is 0 Å². The molecular formula is C10H15N3O2. The summed E-state index contributed by atoms with van der Waals surface area (Å²) in [6.07, 6.45) is 0.729. The van der Waals surface area contributed by atoms with E-state index in [0.717, 1.165) is 12.1 Å². The number of nitrogens with zero attached hydrogens (tertiary/aromatic N) is 1. The molecule has 2 rings (SSSR count). The van der Waals surface area contributed by atoms with E-state index in [-0.39, 0.29) is 17.4 Å². The second kappa shape index (κ2) is 3.56. The van der Waals surface area contributed by atoms with Crippen LogP contribution in [0.4, 0.5) is 0 Å². The number of aromatic nitrogens is 2. The van der Waals surface area contributed by atoms with Crippen LogP contribution in [0.3, 0.4) is 0 Å². The van der Waals surface area contributed by atoms with Gasteiger partial charge in [-0.25, -0.2) is 0 Å². The molecule has 0 atom stereocenters. The lowest BCUT2D eigenvalue weighted by Crippen LogP contribution is -2.39. The van der Waals surface area contributed by atoms with Crippen LogP contribution in [-0.2, 0) is 17.8 Å². The van der Waals surface area contributed by atoms with Crippen molar-refractivity contribution in [1.29, 1.82) is 0 Å². The number of rotatable bonds is 1. The fraction of sp³-hybridized carbons (Fsp3) is 0.600. The van der Waals surface area contributed by atoms with Crippen molar-refractivity contribution in [2.24, 2.45) is 5.92 Å². The minimum Gasteiger partial charge on any atom is -0.337 e. The van der Waals surface area contributed by atoms with Gasteiger partial charge in [0, 0.05) is 24.6 Å². The monoisotopic (exact) mass is 209 g/mol. The van der Waals surface area contributed by atoms with Crippen molar-refractivity contribution in [3.05, 3.63) is 21.6 Å². The molecular weight excluding hydrogens is 194 g/mol. The number of carbonyl (C=O) groups excluding carboxylic acids is 1. The first kappa shape index (κ1) is 10.0. The molecule has 0 aliphatic carbocycles. The molecule has 0 fully saturated rings. The third-order valence-electron chi connectivity index (χ3n) is 2.75. The summed E-state index contributed by atoms with van der Waals surface area (Å²) in [4.78, 5) is 24.9. The van der Waals surface area contributed by atoms with Gasteiger partial charge in [-0.15, -0.1) is 0 Å². The summed E-state index contributed by atoms with van der Waals surface area (Å²) in [7, 11) is 0. The SMILES string of the molecule is CC(C)C(=O)N1CCc2[nH][nH]c(=O)c2C1. The van der Waals surface area contributed by atoms with Crippen molar-refractivity contribution in [1.82, 2.24) is 15.1 Å². The van der Waals surface area contributed by atoms with E-state index in [0.29, 0.717) is 18.7 Å². The van der Waals surface area contributed by atoms with Crippen LogP contribution in [0.15, 0.2) is 4.79 Å². The third kappa shape index (κ3) is 1.69. The summed E-state index contributed by atoms with van der Waals surface area (Å²) in [5.41, 5.74) is 1.54. The smallest absolute Gasteiger partial charge is 0.269 e. The standard InChI is InChI=1S/C10H15N3O2/c1-6(2)10(15)13-4-3-8-7(5-13)9(14)12-11-8/h6H,3-5H2,1-2H3,(H2,11,12,14). The quantitative estimate of drug-likeness (QED) is 0.695. The normalized spacial score (nSPS) is 15.5. The van der Waals surface area contributed by atoms with Crippen molar-refractivity contribution >= 4 is 5.91 Å². The number of amides is 1. The number of H-pyrrole nitrogens is 2. The Kier molecular flexibility index (Phi) is 2.38. The molecule has 5 nitrogen and oxygen atoms in total. The van der Waals surface area contributed by atoms with Gasteiger partial charge in [-0.3, -0.25) is 14.7 Å². The Morgan fingerprint density at radius 3 is 2.80 bits per heavy atom. The molecule has 0 unspecified atom stereocenters. The fourth-order valence-corrected chi connectivity index (χ4v) is 1.87. The summed E-state index contributed by atoms with van der Waals surface area (Å²) < 4.78 is 0. The fourth-order valence-electron chi connectivity index (χ4n) is 1.87. The topological polar surface area (TPSA) is 69.0 Å². The number of carbonyl (C=O) groups is 1. The van der Waals surface area contributed by atoms with Gasteiger partial charge in [0.15, 0.2) is 0 Å². The number of aromatic amines is 2. The molecule has 0 saturated carbocycles. The summed E-state index contributed by atoms with van der Waals surface area (Å²) >= 11 is 0. The minimum absolute atomic E-state index is 0.00965. The van der Waals surface area contributed by atoms with Gasteiger partial charge in [-0.1, -0.05) is 13.8 Å². The van der Waals surface area contributed by atoms with Crippen LogP contribution in [0, 0.1) is 5.92 Å². The molecule has 1 aliphatic heterocycles. The molecule has 1 aliphatic rings. The van der Waals surface area contributed by atoms with E-state index in [1.54, 1.807) is 4.90 Å². The van der Waals surface area contributed by atoms with Gasteiger partial charge < -0.3 is 10.00 Å². The van der Waals surface area contributed by atoms with Gasteiger partial charge in [0.2, 0.25) is 5.91 Å². The lowest BCUT2D eigenvalue weighted by molar-refractivity contribution is -0.135. The summed E-state index contributed by atoms with van der Waals surface area (Å²) in [5.74, 6) is 0.103. The highest BCUT2D eigenvalue weighted by atomic mass is 16.2. The largest absolute Gasteiger partial charge is 0.337 e. The van der Waals surface area contributed by atoms with Crippen LogP contribution in [0.25, 0.3) is 0 Å². The van der Waals surface area contributed by atoms with Crippen molar-refractivity contribution in [3.8, 4) is 0 Å². The Balaban J connectivity index is 2.21. The Labute approximate surface area is 87.5 Å². The van der Waals surface area contributed by atoms with Gasteiger partial charge >= 0.3 is 0 Å². The van der Waals surface area contributed by atoms with Crippen LogP contribution in [0.5, 0.6) is 0 Å². The number of fused-ring (bicyclic) bond motifs is 1. The maximum atomic E-state index is 11.7. The van der Waals surface area contributed by atoms with Gasteiger partial charge in [0.1, 0.15) is 0 Å². The highest BCUT2D eigenvalue weighted by Crippen LogP contribution is 2.15. The molecule has 15 heavy (non-hydrogen) atoms. The second-order valence-corrected chi connectivity index (χ2v) is 4.20. The lowest BCUT2D eigenvalue weighted by Gasteiger charge is -2.27. The zero-order valence-corrected chi connectivity index (χ0v) is 8.96. The first-order valence-corrected chi connectivity index (χ1v) is 5.16. The summed E-state index contributed by atoms with van der Waals surface area (Å²) in [6.45, 7) is 4.88. The molecule has 0 aromatic carbocycles. The molecule has 1 amide bonds. The molecule has 1 aromatic rings.